The van der Waals surface area contributed by atoms with Crippen LogP contribution in [-0.4, -0.2) is 48.4 Å². The van der Waals surface area contributed by atoms with Crippen molar-refractivity contribution in [1.29, 1.82) is 0 Å². The summed E-state index contributed by atoms with van der Waals surface area (Å²) in [5.41, 5.74) is 0.560. The lowest BCUT2D eigenvalue weighted by molar-refractivity contribution is -0.159. The van der Waals surface area contributed by atoms with Gasteiger partial charge >= 0.3 is 5.97 Å². The van der Waals surface area contributed by atoms with Gasteiger partial charge in [-0.2, -0.15) is 0 Å². The SMILES string of the molecule is COC(=O)[C@@]1([C@H](O)COC(c2ccccc2)(c2ccccc2)c2ccccc2)N=C(c2ccccc2)O[C@H]1C. The van der Waals surface area contributed by atoms with Crippen LogP contribution in [0.3, 0.4) is 0 Å². The van der Waals surface area contributed by atoms with E-state index in [1.54, 1.807) is 6.92 Å². The molecule has 0 aliphatic carbocycles. The molecule has 0 saturated carbocycles. The molecule has 6 nitrogen and oxygen atoms in total. The molecular formula is C33H31NO5. The van der Waals surface area contributed by atoms with E-state index in [1.165, 1.54) is 7.11 Å². The highest BCUT2D eigenvalue weighted by molar-refractivity contribution is 5.99. The lowest BCUT2D eigenvalue weighted by Crippen LogP contribution is -2.57. The van der Waals surface area contributed by atoms with Crippen molar-refractivity contribution in [1.82, 2.24) is 0 Å². The smallest absolute Gasteiger partial charge is 0.340 e. The number of nitrogens with zero attached hydrogens (tertiary/aromatic N) is 1. The van der Waals surface area contributed by atoms with E-state index >= 15 is 0 Å². The second kappa shape index (κ2) is 11.2. The van der Waals surface area contributed by atoms with E-state index in [4.69, 9.17) is 14.2 Å². The first-order valence-electron chi connectivity index (χ1n) is 12.9. The first kappa shape index (κ1) is 26.4. The number of rotatable bonds is 9. The van der Waals surface area contributed by atoms with Gasteiger partial charge in [-0.15, -0.1) is 0 Å². The highest BCUT2D eigenvalue weighted by atomic mass is 16.5. The molecule has 5 rings (SSSR count). The molecule has 0 aromatic heterocycles. The number of carbonyl (C=O) groups is 1. The number of carbonyl (C=O) groups excluding carboxylic acids is 1. The van der Waals surface area contributed by atoms with Crippen LogP contribution >= 0.6 is 0 Å². The number of hydrogen-bond acceptors (Lipinski definition) is 6. The molecule has 0 amide bonds. The van der Waals surface area contributed by atoms with Gasteiger partial charge in [-0.3, -0.25) is 0 Å². The van der Waals surface area contributed by atoms with Crippen molar-refractivity contribution in [3.8, 4) is 0 Å². The number of esters is 1. The van der Waals surface area contributed by atoms with E-state index < -0.39 is 29.3 Å². The molecule has 4 aromatic rings. The van der Waals surface area contributed by atoms with E-state index in [1.807, 2.05) is 121 Å². The summed E-state index contributed by atoms with van der Waals surface area (Å²) >= 11 is 0. The van der Waals surface area contributed by atoms with Crippen LogP contribution in [0.5, 0.6) is 0 Å². The number of methoxy groups -OCH3 is 1. The molecule has 0 fully saturated rings. The van der Waals surface area contributed by atoms with Gasteiger partial charge in [-0.25, -0.2) is 9.79 Å². The Kier molecular flexibility index (Phi) is 7.59. The average molecular weight is 522 g/mol. The minimum absolute atomic E-state index is 0.229. The Morgan fingerprint density at radius 2 is 1.28 bits per heavy atom. The Labute approximate surface area is 228 Å². The zero-order valence-electron chi connectivity index (χ0n) is 21.9. The average Bonchev–Trinajstić information content (AvgIpc) is 3.37. The summed E-state index contributed by atoms with van der Waals surface area (Å²) in [6.07, 6.45) is -2.17. The van der Waals surface area contributed by atoms with Crippen LogP contribution < -0.4 is 0 Å². The van der Waals surface area contributed by atoms with Crippen molar-refractivity contribution in [3.63, 3.8) is 0 Å². The van der Waals surface area contributed by atoms with E-state index in [0.717, 1.165) is 16.7 Å². The molecule has 1 heterocycles. The zero-order chi connectivity index (χ0) is 27.3. The van der Waals surface area contributed by atoms with Gasteiger partial charge in [0.1, 0.15) is 17.8 Å². The molecular weight excluding hydrogens is 490 g/mol. The van der Waals surface area contributed by atoms with Gasteiger partial charge in [-0.1, -0.05) is 109 Å². The monoisotopic (exact) mass is 521 g/mol. The predicted octanol–water partition coefficient (Wildman–Crippen LogP) is 5.13. The van der Waals surface area contributed by atoms with Crippen molar-refractivity contribution in [2.24, 2.45) is 4.99 Å². The summed E-state index contributed by atoms with van der Waals surface area (Å²) in [7, 11) is 1.28. The lowest BCUT2D eigenvalue weighted by atomic mass is 9.79. The largest absolute Gasteiger partial charge is 0.471 e. The molecule has 6 heteroatoms. The summed E-state index contributed by atoms with van der Waals surface area (Å²) in [6, 6.07) is 38.8. The number of aliphatic hydroxyl groups excluding tert-OH is 1. The fraction of sp³-hybridized carbons (Fsp3) is 0.212. The Balaban J connectivity index is 1.59. The fourth-order valence-corrected chi connectivity index (χ4v) is 5.21. The summed E-state index contributed by atoms with van der Waals surface area (Å²) in [4.78, 5) is 17.9. The molecule has 0 unspecified atom stereocenters. The topological polar surface area (TPSA) is 77.4 Å². The van der Waals surface area contributed by atoms with Crippen LogP contribution in [0.1, 0.15) is 29.2 Å². The second-order valence-electron chi connectivity index (χ2n) is 9.47. The van der Waals surface area contributed by atoms with Gasteiger partial charge in [0, 0.05) is 5.56 Å². The number of hydrogen-bond donors (Lipinski definition) is 1. The maximum atomic E-state index is 13.3. The van der Waals surface area contributed by atoms with Gasteiger partial charge in [0.05, 0.1) is 13.7 Å². The third-order valence-corrected chi connectivity index (χ3v) is 7.23. The molecule has 1 aliphatic rings. The van der Waals surface area contributed by atoms with Crippen molar-refractivity contribution < 1.29 is 24.1 Å². The Hall–Kier alpha value is -4.26. The number of ether oxygens (including phenoxy) is 3. The second-order valence-corrected chi connectivity index (χ2v) is 9.47. The summed E-state index contributed by atoms with van der Waals surface area (Å²) in [5.74, 6) is -0.422. The van der Waals surface area contributed by atoms with E-state index in [0.29, 0.717) is 5.56 Å². The quantitative estimate of drug-likeness (QED) is 0.244. The third kappa shape index (κ3) is 4.73. The molecule has 0 bridgehead atoms. The summed E-state index contributed by atoms with van der Waals surface area (Å²) in [5, 5.41) is 11.7. The number of benzene rings is 4. The van der Waals surface area contributed by atoms with Crippen LogP contribution in [0.2, 0.25) is 0 Å². The number of aliphatic hydroxyl groups is 1. The Bertz CT molecular complexity index is 1310. The van der Waals surface area contributed by atoms with Crippen LogP contribution in [-0.2, 0) is 24.6 Å². The van der Waals surface area contributed by atoms with Gasteiger partial charge < -0.3 is 19.3 Å². The molecule has 39 heavy (non-hydrogen) atoms. The van der Waals surface area contributed by atoms with Crippen molar-refractivity contribution >= 4 is 11.9 Å². The molecule has 1 N–H and O–H groups in total. The summed E-state index contributed by atoms with van der Waals surface area (Å²) < 4.78 is 18.0. The van der Waals surface area contributed by atoms with Crippen molar-refractivity contribution in [2.75, 3.05) is 13.7 Å². The molecule has 3 atom stereocenters. The Morgan fingerprint density at radius 1 is 0.846 bits per heavy atom. The highest BCUT2D eigenvalue weighted by Crippen LogP contribution is 2.42. The summed E-state index contributed by atoms with van der Waals surface area (Å²) in [6.45, 7) is 1.48. The standard InChI is InChI=1S/C33H31NO5/c1-24-32(31(36)37-2,34-30(39-24)25-15-7-3-8-16-25)29(35)23-38-33(26-17-9-4-10-18-26,27-19-11-5-12-20-27)28-21-13-6-14-22-28/h3-22,24,29,35H,23H2,1-2H3/t24-,29+,32+/m0/s1. The zero-order valence-corrected chi connectivity index (χ0v) is 21.9. The van der Waals surface area contributed by atoms with Crippen LogP contribution in [0.25, 0.3) is 0 Å². The van der Waals surface area contributed by atoms with Gasteiger partial charge in [0.2, 0.25) is 11.4 Å². The van der Waals surface area contributed by atoms with Crippen molar-refractivity contribution in [2.45, 2.75) is 30.3 Å². The number of aliphatic imine (C=N–C) groups is 1. The van der Waals surface area contributed by atoms with Crippen molar-refractivity contribution in [3.05, 3.63) is 144 Å². The predicted molar refractivity (Wildman–Crippen MR) is 149 cm³/mol. The molecule has 0 radical (unpaired) electrons. The third-order valence-electron chi connectivity index (χ3n) is 7.23. The minimum Gasteiger partial charge on any atom is -0.471 e. The van der Waals surface area contributed by atoms with Crippen LogP contribution in [0.4, 0.5) is 0 Å². The molecule has 198 valence electrons. The van der Waals surface area contributed by atoms with E-state index in [9.17, 15) is 9.90 Å². The maximum Gasteiger partial charge on any atom is 0.340 e. The molecule has 0 saturated heterocycles. The van der Waals surface area contributed by atoms with Gasteiger partial charge in [0.15, 0.2) is 0 Å². The first-order chi connectivity index (χ1) is 19.0. The highest BCUT2D eigenvalue weighted by Gasteiger charge is 2.57. The molecule has 4 aromatic carbocycles. The minimum atomic E-state index is -1.71. The van der Waals surface area contributed by atoms with Crippen LogP contribution in [0.15, 0.2) is 126 Å². The lowest BCUT2D eigenvalue weighted by Gasteiger charge is -2.38. The van der Waals surface area contributed by atoms with Gasteiger partial charge in [0.25, 0.3) is 0 Å². The molecule has 1 aliphatic heterocycles. The van der Waals surface area contributed by atoms with Crippen LogP contribution in [0, 0.1) is 0 Å². The normalized spacial score (nSPS) is 19.6. The van der Waals surface area contributed by atoms with E-state index in [-0.39, 0.29) is 12.5 Å². The maximum absolute atomic E-state index is 13.3. The van der Waals surface area contributed by atoms with Gasteiger partial charge in [-0.05, 0) is 35.7 Å². The fourth-order valence-electron chi connectivity index (χ4n) is 5.21. The van der Waals surface area contributed by atoms with E-state index in [2.05, 4.69) is 4.99 Å². The first-order valence-corrected chi connectivity index (χ1v) is 12.9. The Morgan fingerprint density at radius 3 is 1.72 bits per heavy atom. The molecule has 0 spiro atoms.